The van der Waals surface area contributed by atoms with Crippen LogP contribution in [0, 0.1) is 0 Å². The number of aromatic nitrogens is 1. The van der Waals surface area contributed by atoms with Gasteiger partial charge in [0.2, 0.25) is 5.78 Å². The number of anilines is 1. The highest BCUT2D eigenvalue weighted by molar-refractivity contribution is 6.31. The monoisotopic (exact) mass is 546 g/mol. The van der Waals surface area contributed by atoms with Crippen LogP contribution in [0.1, 0.15) is 46.4 Å². The van der Waals surface area contributed by atoms with Crippen molar-refractivity contribution >= 4 is 45.9 Å². The largest absolute Gasteiger partial charge is 0.503 e. The number of rotatable bonds is 7. The molecule has 0 radical (unpaired) electrons. The number of hydrogen-bond donors (Lipinski definition) is 1. The van der Waals surface area contributed by atoms with Crippen molar-refractivity contribution in [3.8, 4) is 5.75 Å². The van der Waals surface area contributed by atoms with Crippen molar-refractivity contribution in [3.05, 3.63) is 100 Å². The quantitative estimate of drug-likeness (QED) is 0.227. The lowest BCUT2D eigenvalue weighted by atomic mass is 9.96. The molecule has 0 fully saturated rings. The minimum Gasteiger partial charge on any atom is -0.503 e. The summed E-state index contributed by atoms with van der Waals surface area (Å²) in [5.74, 6) is -2.49. The Bertz CT molecular complexity index is 1620. The second-order valence-electron chi connectivity index (χ2n) is 9.09. The van der Waals surface area contributed by atoms with Crippen LogP contribution in [0.15, 0.2) is 82.7 Å². The maximum atomic E-state index is 13.8. The normalized spacial score (nSPS) is 15.4. The second kappa shape index (κ2) is 10.3. The van der Waals surface area contributed by atoms with Crippen molar-refractivity contribution in [2.45, 2.75) is 26.0 Å². The molecular formula is C29H23ClN2O7. The molecule has 10 heteroatoms. The molecule has 2 aromatic heterocycles. The number of benzene rings is 2. The van der Waals surface area contributed by atoms with E-state index in [0.29, 0.717) is 38.6 Å². The SMILES string of the molecule is COc1cc(Cl)cc2cc(C(=O)C3=C(O)C(=O)N(c4ccc(C(=O)OC(C)C)cc4)C3c3cccnc3)oc12. The van der Waals surface area contributed by atoms with Gasteiger partial charge in [-0.2, -0.15) is 0 Å². The molecule has 0 spiro atoms. The molecule has 4 aromatic rings. The van der Waals surface area contributed by atoms with Gasteiger partial charge in [-0.25, -0.2) is 4.79 Å². The molecule has 198 valence electrons. The van der Waals surface area contributed by atoms with Gasteiger partial charge in [0.15, 0.2) is 22.9 Å². The summed E-state index contributed by atoms with van der Waals surface area (Å²) in [4.78, 5) is 44.9. The van der Waals surface area contributed by atoms with E-state index in [4.69, 9.17) is 25.5 Å². The second-order valence-corrected chi connectivity index (χ2v) is 9.53. The van der Waals surface area contributed by atoms with Crippen molar-refractivity contribution in [3.63, 3.8) is 0 Å². The number of Topliss-reactive ketones (excluding diaryl/α,β-unsaturated/α-hetero) is 1. The fraction of sp³-hybridized carbons (Fsp3) is 0.172. The third kappa shape index (κ3) is 4.72. The first kappa shape index (κ1) is 26.0. The first-order valence-corrected chi connectivity index (χ1v) is 12.4. The molecule has 1 amide bonds. The number of halogens is 1. The molecule has 1 atom stereocenters. The van der Waals surface area contributed by atoms with Crippen LogP contribution in [0.4, 0.5) is 5.69 Å². The van der Waals surface area contributed by atoms with Gasteiger partial charge < -0.3 is 19.0 Å². The molecule has 39 heavy (non-hydrogen) atoms. The molecule has 0 saturated carbocycles. The first-order valence-electron chi connectivity index (χ1n) is 12.0. The van der Waals surface area contributed by atoms with E-state index in [1.807, 2.05) is 0 Å². The highest BCUT2D eigenvalue weighted by Gasteiger charge is 2.45. The standard InChI is InChI=1S/C29H23ClN2O7/c1-15(2)38-29(36)16-6-8-20(9-7-16)32-24(17-5-4-10-31-14-17)23(26(34)28(32)35)25(33)21-12-18-11-19(30)13-22(37-3)27(18)39-21/h4-15,24,34H,1-3H3. The molecule has 0 aliphatic carbocycles. The van der Waals surface area contributed by atoms with Crippen molar-refractivity contribution in [2.75, 3.05) is 12.0 Å². The molecule has 2 aromatic carbocycles. The molecule has 3 heterocycles. The number of pyridine rings is 1. The summed E-state index contributed by atoms with van der Waals surface area (Å²) in [7, 11) is 1.45. The minimum absolute atomic E-state index is 0.109. The van der Waals surface area contributed by atoms with E-state index < -0.39 is 29.5 Å². The highest BCUT2D eigenvalue weighted by Crippen LogP contribution is 2.43. The van der Waals surface area contributed by atoms with Gasteiger partial charge in [-0.3, -0.25) is 19.5 Å². The van der Waals surface area contributed by atoms with E-state index in [9.17, 15) is 19.5 Å². The highest BCUT2D eigenvalue weighted by atomic mass is 35.5. The third-order valence-corrected chi connectivity index (χ3v) is 6.39. The average Bonchev–Trinajstić information content (AvgIpc) is 3.46. The lowest BCUT2D eigenvalue weighted by molar-refractivity contribution is -0.117. The summed E-state index contributed by atoms with van der Waals surface area (Å²) in [5.41, 5.74) is 1.25. The van der Waals surface area contributed by atoms with E-state index in [1.165, 1.54) is 36.4 Å². The third-order valence-electron chi connectivity index (χ3n) is 6.17. The minimum atomic E-state index is -1.02. The van der Waals surface area contributed by atoms with E-state index in [1.54, 1.807) is 56.4 Å². The zero-order chi connectivity index (χ0) is 27.8. The zero-order valence-corrected chi connectivity index (χ0v) is 21.9. The summed E-state index contributed by atoms with van der Waals surface area (Å²) < 4.78 is 16.4. The Balaban J connectivity index is 1.58. The number of ketones is 1. The molecule has 1 aliphatic rings. The van der Waals surface area contributed by atoms with E-state index >= 15 is 0 Å². The van der Waals surface area contributed by atoms with Gasteiger partial charge >= 0.3 is 5.97 Å². The number of hydrogen-bond acceptors (Lipinski definition) is 8. The van der Waals surface area contributed by atoms with Crippen LogP contribution in [0.3, 0.4) is 0 Å². The van der Waals surface area contributed by atoms with Crippen LogP contribution in [-0.2, 0) is 9.53 Å². The van der Waals surface area contributed by atoms with Gasteiger partial charge in [-0.15, -0.1) is 0 Å². The van der Waals surface area contributed by atoms with E-state index in [-0.39, 0.29) is 17.4 Å². The summed E-state index contributed by atoms with van der Waals surface area (Å²) in [6.45, 7) is 3.49. The molecule has 1 unspecified atom stereocenters. The number of aliphatic hydroxyl groups excluding tert-OH is 1. The Labute approximate surface area is 228 Å². The molecule has 1 N–H and O–H groups in total. The lowest BCUT2D eigenvalue weighted by Gasteiger charge is -2.26. The lowest BCUT2D eigenvalue weighted by Crippen LogP contribution is -2.31. The Morgan fingerprint density at radius 2 is 1.87 bits per heavy atom. The van der Waals surface area contributed by atoms with Gasteiger partial charge in [-0.05, 0) is 61.9 Å². The molecule has 5 rings (SSSR count). The summed E-state index contributed by atoms with van der Waals surface area (Å²) in [6, 6.07) is 13.1. The van der Waals surface area contributed by atoms with Crippen molar-refractivity contribution < 1.29 is 33.4 Å². The summed E-state index contributed by atoms with van der Waals surface area (Å²) >= 11 is 6.16. The number of carbonyl (C=O) groups excluding carboxylic acids is 3. The molecule has 9 nitrogen and oxygen atoms in total. The smallest absolute Gasteiger partial charge is 0.338 e. The Kier molecular flexibility index (Phi) is 6.84. The topological polar surface area (TPSA) is 119 Å². The van der Waals surface area contributed by atoms with Gasteiger partial charge in [0.05, 0.1) is 30.4 Å². The van der Waals surface area contributed by atoms with Crippen molar-refractivity contribution in [1.82, 2.24) is 4.98 Å². The number of aliphatic hydroxyl groups is 1. The summed E-state index contributed by atoms with van der Waals surface area (Å²) in [6.07, 6.45) is 2.77. The van der Waals surface area contributed by atoms with Crippen LogP contribution in [0.25, 0.3) is 11.0 Å². The van der Waals surface area contributed by atoms with Crippen LogP contribution in [-0.4, -0.2) is 41.0 Å². The Morgan fingerprint density at radius 3 is 2.51 bits per heavy atom. The number of ether oxygens (including phenoxy) is 2. The summed E-state index contributed by atoms with van der Waals surface area (Å²) in [5, 5.41) is 11.9. The first-order chi connectivity index (χ1) is 18.7. The number of carbonyl (C=O) groups is 3. The van der Waals surface area contributed by atoms with Crippen LogP contribution >= 0.6 is 11.6 Å². The van der Waals surface area contributed by atoms with Crippen LogP contribution in [0.2, 0.25) is 5.02 Å². The van der Waals surface area contributed by atoms with Crippen LogP contribution in [0.5, 0.6) is 5.75 Å². The number of fused-ring (bicyclic) bond motifs is 1. The predicted octanol–water partition coefficient (Wildman–Crippen LogP) is 5.84. The maximum Gasteiger partial charge on any atom is 0.338 e. The number of methoxy groups -OCH3 is 1. The number of furan rings is 1. The fourth-order valence-electron chi connectivity index (χ4n) is 4.48. The number of nitrogens with zero attached hydrogens (tertiary/aromatic N) is 2. The van der Waals surface area contributed by atoms with Crippen LogP contribution < -0.4 is 9.64 Å². The number of amides is 1. The fourth-order valence-corrected chi connectivity index (χ4v) is 4.70. The van der Waals surface area contributed by atoms with Crippen molar-refractivity contribution in [1.29, 1.82) is 0 Å². The van der Waals surface area contributed by atoms with Gasteiger partial charge in [0, 0.05) is 34.6 Å². The van der Waals surface area contributed by atoms with Crippen molar-refractivity contribution in [2.24, 2.45) is 0 Å². The number of esters is 1. The predicted molar refractivity (Wildman–Crippen MR) is 143 cm³/mol. The molecule has 0 saturated heterocycles. The molecule has 1 aliphatic heterocycles. The van der Waals surface area contributed by atoms with Gasteiger partial charge in [0.1, 0.15) is 0 Å². The van der Waals surface area contributed by atoms with Gasteiger partial charge in [0.25, 0.3) is 5.91 Å². The Morgan fingerprint density at radius 1 is 1.13 bits per heavy atom. The van der Waals surface area contributed by atoms with Gasteiger partial charge in [-0.1, -0.05) is 17.7 Å². The maximum absolute atomic E-state index is 13.8. The molecule has 0 bridgehead atoms. The average molecular weight is 547 g/mol. The van der Waals surface area contributed by atoms with E-state index in [0.717, 1.165) is 0 Å². The zero-order valence-electron chi connectivity index (χ0n) is 21.2. The molecular weight excluding hydrogens is 524 g/mol. The van der Waals surface area contributed by atoms with E-state index in [2.05, 4.69) is 4.98 Å². The Hall–Kier alpha value is -4.63.